The molecule has 0 bridgehead atoms. The highest BCUT2D eigenvalue weighted by Crippen LogP contribution is 2.22. The highest BCUT2D eigenvalue weighted by Gasteiger charge is 2.22. The van der Waals surface area contributed by atoms with Gasteiger partial charge in [0.25, 0.3) is 0 Å². The summed E-state index contributed by atoms with van der Waals surface area (Å²) >= 11 is 0. The molecule has 1 amide bonds. The first kappa shape index (κ1) is 20.4. The molecule has 3 aromatic carbocycles. The fraction of sp³-hybridized carbons (Fsp3) is 0.320. The normalized spacial score (nSPS) is 17.0. The van der Waals surface area contributed by atoms with E-state index in [1.807, 2.05) is 30.3 Å². The Balaban J connectivity index is 1.27. The lowest BCUT2D eigenvalue weighted by Crippen LogP contribution is -2.44. The predicted octanol–water partition coefficient (Wildman–Crippen LogP) is 3.76. The van der Waals surface area contributed by atoms with Crippen LogP contribution in [0.25, 0.3) is 10.8 Å². The molecular weight excluding hydrogens is 376 g/mol. The summed E-state index contributed by atoms with van der Waals surface area (Å²) in [6, 6.07) is 22.6. The van der Waals surface area contributed by atoms with Crippen LogP contribution < -0.4 is 10.1 Å². The number of hydrogen-bond acceptors (Lipinski definition) is 4. The first-order chi connectivity index (χ1) is 14.7. The molecule has 4 rings (SSSR count). The van der Waals surface area contributed by atoms with Crippen molar-refractivity contribution in [1.82, 2.24) is 10.2 Å². The van der Waals surface area contributed by atoms with E-state index in [4.69, 9.17) is 9.47 Å². The van der Waals surface area contributed by atoms with Gasteiger partial charge < -0.3 is 14.8 Å². The van der Waals surface area contributed by atoms with Crippen LogP contribution in [-0.4, -0.2) is 43.7 Å². The number of amides is 1. The number of morpholine rings is 1. The van der Waals surface area contributed by atoms with Gasteiger partial charge in [-0.25, -0.2) is 0 Å². The fourth-order valence-corrected chi connectivity index (χ4v) is 3.88. The molecule has 5 nitrogen and oxygen atoms in total. The molecule has 1 fully saturated rings. The monoisotopic (exact) mass is 404 g/mol. The summed E-state index contributed by atoms with van der Waals surface area (Å²) in [6.45, 7) is 3.75. The second-order valence-electron chi connectivity index (χ2n) is 7.74. The van der Waals surface area contributed by atoms with E-state index in [9.17, 15) is 4.79 Å². The largest absolute Gasteiger partial charge is 0.497 e. The van der Waals surface area contributed by atoms with Gasteiger partial charge >= 0.3 is 0 Å². The molecule has 5 heteroatoms. The van der Waals surface area contributed by atoms with Crippen LogP contribution >= 0.6 is 0 Å². The second kappa shape index (κ2) is 9.74. The van der Waals surface area contributed by atoms with Crippen LogP contribution in [0.2, 0.25) is 0 Å². The molecule has 0 spiro atoms. The summed E-state index contributed by atoms with van der Waals surface area (Å²) in [6.07, 6.45) is 0.322. The highest BCUT2D eigenvalue weighted by molar-refractivity contribution is 5.84. The molecule has 1 atom stereocenters. The topological polar surface area (TPSA) is 50.8 Å². The molecular formula is C25H28N2O3. The van der Waals surface area contributed by atoms with E-state index in [1.165, 1.54) is 5.56 Å². The number of hydrogen-bond donors (Lipinski definition) is 1. The van der Waals surface area contributed by atoms with Crippen molar-refractivity contribution in [1.29, 1.82) is 0 Å². The number of nitrogens with one attached hydrogen (secondary N) is 1. The van der Waals surface area contributed by atoms with E-state index in [0.717, 1.165) is 41.7 Å². The Morgan fingerprint density at radius 2 is 1.87 bits per heavy atom. The number of carbonyl (C=O) groups is 1. The molecule has 0 unspecified atom stereocenters. The SMILES string of the molecule is COc1ccc2cc(CNC(=O)C[C@H]3CN(Cc4ccccc4)CCO3)ccc2c1. The van der Waals surface area contributed by atoms with Crippen molar-refractivity contribution in [3.05, 3.63) is 77.9 Å². The summed E-state index contributed by atoms with van der Waals surface area (Å²) in [7, 11) is 1.67. The minimum absolute atomic E-state index is 0.0244. The van der Waals surface area contributed by atoms with Gasteiger partial charge in [-0.3, -0.25) is 9.69 Å². The third kappa shape index (κ3) is 5.38. The molecule has 1 N–H and O–H groups in total. The Morgan fingerprint density at radius 1 is 1.07 bits per heavy atom. The van der Waals surface area contributed by atoms with E-state index < -0.39 is 0 Å². The average Bonchev–Trinajstić information content (AvgIpc) is 2.78. The molecule has 30 heavy (non-hydrogen) atoms. The lowest BCUT2D eigenvalue weighted by Gasteiger charge is -2.32. The van der Waals surface area contributed by atoms with E-state index in [0.29, 0.717) is 19.6 Å². The van der Waals surface area contributed by atoms with Gasteiger partial charge in [-0.2, -0.15) is 0 Å². The number of fused-ring (bicyclic) bond motifs is 1. The van der Waals surface area contributed by atoms with Gasteiger partial charge in [-0.15, -0.1) is 0 Å². The minimum atomic E-state index is -0.0634. The average molecular weight is 405 g/mol. The van der Waals surface area contributed by atoms with Crippen molar-refractivity contribution in [2.24, 2.45) is 0 Å². The quantitative estimate of drug-likeness (QED) is 0.652. The minimum Gasteiger partial charge on any atom is -0.497 e. The summed E-state index contributed by atoms with van der Waals surface area (Å²) < 4.78 is 11.1. The molecule has 1 aliphatic heterocycles. The molecule has 0 saturated carbocycles. The molecule has 156 valence electrons. The van der Waals surface area contributed by atoms with Gasteiger partial charge in [0.1, 0.15) is 5.75 Å². The Kier molecular flexibility index (Phi) is 6.62. The van der Waals surface area contributed by atoms with Gasteiger partial charge in [0.2, 0.25) is 5.91 Å². The van der Waals surface area contributed by atoms with Crippen LogP contribution in [0.4, 0.5) is 0 Å². The Labute approximate surface area is 177 Å². The lowest BCUT2D eigenvalue weighted by atomic mass is 10.1. The van der Waals surface area contributed by atoms with Crippen molar-refractivity contribution < 1.29 is 14.3 Å². The molecule has 0 radical (unpaired) electrons. The van der Waals surface area contributed by atoms with Crippen LogP contribution in [0.15, 0.2) is 66.7 Å². The Bertz CT molecular complexity index is 990. The molecule has 0 aromatic heterocycles. The first-order valence-corrected chi connectivity index (χ1v) is 10.4. The van der Waals surface area contributed by atoms with Gasteiger partial charge in [0.05, 0.1) is 26.2 Å². The van der Waals surface area contributed by atoms with Crippen molar-refractivity contribution in [2.75, 3.05) is 26.8 Å². The molecule has 3 aromatic rings. The van der Waals surface area contributed by atoms with Crippen LogP contribution in [0.1, 0.15) is 17.5 Å². The fourth-order valence-electron chi connectivity index (χ4n) is 3.88. The maximum absolute atomic E-state index is 12.5. The van der Waals surface area contributed by atoms with Crippen molar-refractivity contribution >= 4 is 16.7 Å². The van der Waals surface area contributed by atoms with Crippen LogP contribution in [0, 0.1) is 0 Å². The van der Waals surface area contributed by atoms with E-state index >= 15 is 0 Å². The number of carbonyl (C=O) groups excluding carboxylic acids is 1. The highest BCUT2D eigenvalue weighted by atomic mass is 16.5. The lowest BCUT2D eigenvalue weighted by molar-refractivity contribution is -0.126. The van der Waals surface area contributed by atoms with E-state index in [1.54, 1.807) is 7.11 Å². The maximum Gasteiger partial charge on any atom is 0.222 e. The number of nitrogens with zero attached hydrogens (tertiary/aromatic N) is 1. The smallest absolute Gasteiger partial charge is 0.222 e. The van der Waals surface area contributed by atoms with E-state index in [2.05, 4.69) is 46.6 Å². The molecule has 1 heterocycles. The Morgan fingerprint density at radius 3 is 2.70 bits per heavy atom. The first-order valence-electron chi connectivity index (χ1n) is 10.4. The van der Waals surface area contributed by atoms with Crippen LogP contribution in [0.3, 0.4) is 0 Å². The van der Waals surface area contributed by atoms with Crippen molar-refractivity contribution in [3.63, 3.8) is 0 Å². The zero-order valence-corrected chi connectivity index (χ0v) is 17.3. The second-order valence-corrected chi connectivity index (χ2v) is 7.74. The zero-order chi connectivity index (χ0) is 20.8. The van der Waals surface area contributed by atoms with Crippen molar-refractivity contribution in [3.8, 4) is 5.75 Å². The van der Waals surface area contributed by atoms with Gasteiger partial charge in [0, 0.05) is 26.2 Å². The number of methoxy groups -OCH3 is 1. The van der Waals surface area contributed by atoms with Crippen molar-refractivity contribution in [2.45, 2.75) is 25.6 Å². The standard InChI is InChI=1S/C25H28N2O3/c1-29-23-10-9-21-13-20(7-8-22(21)14-23)16-26-25(28)15-24-18-27(11-12-30-24)17-19-5-3-2-4-6-19/h2-10,13-14,24H,11-12,15-18H2,1H3,(H,26,28)/t24-/m0/s1. The summed E-state index contributed by atoms with van der Waals surface area (Å²) in [5, 5.41) is 5.29. The molecule has 0 aliphatic carbocycles. The molecule has 1 saturated heterocycles. The predicted molar refractivity (Wildman–Crippen MR) is 118 cm³/mol. The van der Waals surface area contributed by atoms with Crippen LogP contribution in [0.5, 0.6) is 5.75 Å². The Hall–Kier alpha value is -2.89. The van der Waals surface area contributed by atoms with Gasteiger partial charge in [0.15, 0.2) is 0 Å². The maximum atomic E-state index is 12.5. The van der Waals surface area contributed by atoms with Crippen LogP contribution in [-0.2, 0) is 22.6 Å². The zero-order valence-electron chi connectivity index (χ0n) is 17.3. The third-order valence-electron chi connectivity index (χ3n) is 5.49. The van der Waals surface area contributed by atoms with E-state index in [-0.39, 0.29) is 12.0 Å². The summed E-state index contributed by atoms with van der Waals surface area (Å²) in [5.74, 6) is 0.869. The number of ether oxygens (including phenoxy) is 2. The summed E-state index contributed by atoms with van der Waals surface area (Å²) in [5.41, 5.74) is 2.37. The summed E-state index contributed by atoms with van der Waals surface area (Å²) in [4.78, 5) is 14.8. The number of rotatable bonds is 7. The molecule has 1 aliphatic rings. The van der Waals surface area contributed by atoms with Gasteiger partial charge in [-0.1, -0.05) is 48.5 Å². The van der Waals surface area contributed by atoms with Gasteiger partial charge in [-0.05, 0) is 40.1 Å². The number of benzene rings is 3. The third-order valence-corrected chi connectivity index (χ3v) is 5.49.